The molecule has 1 heterocycles. The molecule has 342 valence electrons. The lowest BCUT2D eigenvalue weighted by molar-refractivity contribution is -0.686. The summed E-state index contributed by atoms with van der Waals surface area (Å²) in [4.78, 5) is 27.7. The van der Waals surface area contributed by atoms with Crippen LogP contribution in [0, 0.1) is 116 Å². The Morgan fingerprint density at radius 3 is 1.06 bits per heavy atom. The zero-order valence-corrected chi connectivity index (χ0v) is 31.6. The molecule has 27 heteroatoms. The van der Waals surface area contributed by atoms with Gasteiger partial charge < -0.3 is 4.74 Å². The summed E-state index contributed by atoms with van der Waals surface area (Å²) in [5, 5.41) is 0. The number of ketones is 1. The monoisotopic (exact) mass is 968 g/mol. The molecule has 5 aromatic carbocycles. The van der Waals surface area contributed by atoms with Crippen molar-refractivity contribution < 1.29 is 107 Å². The standard InChI is InChI=1S/C24BF20.C14H12N2O3S/c26-5-1(6(27)14(35)21(42)13(5)34)25(2-7(28)15(36)22(43)16(37)8(2)29,3-9(30)17(38)23(44)18(39)10(3)31)4-11(32)19(40)24(45)20(41)12(4)33;17-13(11-4-2-1-3-5-11)9-16-7-6-15-8-12(16)14(18)19-10-20/h;1-8H,9-10H2/q-1;/p+1. The van der Waals surface area contributed by atoms with E-state index in [4.69, 9.17) is 4.74 Å². The smallest absolute Gasteiger partial charge is 0.406 e. The van der Waals surface area contributed by atoms with E-state index in [0.717, 1.165) is 0 Å². The van der Waals surface area contributed by atoms with E-state index in [0.29, 0.717) is 5.56 Å². The Kier molecular flexibility index (Phi) is 14.3. The van der Waals surface area contributed by atoms with Crippen LogP contribution in [-0.4, -0.2) is 28.8 Å². The molecule has 0 aliphatic heterocycles. The predicted octanol–water partition coefficient (Wildman–Crippen LogP) is 7.14. The third-order valence-corrected chi connectivity index (χ3v) is 9.49. The molecule has 0 saturated carbocycles. The Bertz CT molecular complexity index is 2550. The van der Waals surface area contributed by atoms with E-state index in [1.165, 1.54) is 17.0 Å². The largest absolute Gasteiger partial charge is 0.447 e. The van der Waals surface area contributed by atoms with Gasteiger partial charge in [0.25, 0.3) is 0 Å². The number of Topliss-reactive ketones (excluding diaryl/α,β-unsaturated/α-hetero) is 1. The maximum atomic E-state index is 15.4. The topological polar surface area (TPSA) is 60.1 Å². The molecule has 0 bridgehead atoms. The molecule has 0 amide bonds. The van der Waals surface area contributed by atoms with E-state index in [1.807, 2.05) is 6.07 Å². The minimum atomic E-state index is -7.22. The average molecular weight is 968 g/mol. The number of hydrogen-bond donors (Lipinski definition) is 1. The second-order valence-electron chi connectivity index (χ2n) is 12.7. The molecule has 6 rings (SSSR count). The lowest BCUT2D eigenvalue weighted by Crippen LogP contribution is -2.81. The van der Waals surface area contributed by atoms with Crippen LogP contribution >= 0.6 is 12.6 Å². The summed E-state index contributed by atoms with van der Waals surface area (Å²) < 4.78 is 300. The highest BCUT2D eigenvalue weighted by atomic mass is 32.1. The van der Waals surface area contributed by atoms with E-state index < -0.39 is 150 Å². The quantitative estimate of drug-likeness (QED) is 0.0193. The molecule has 0 unspecified atom stereocenters. The Balaban J connectivity index is 0.000000330. The fraction of sp³-hybridized carbons (Fsp3) is 0.0526. The molecule has 0 saturated heterocycles. The van der Waals surface area contributed by atoms with Gasteiger partial charge in [-0.25, -0.2) is 92.6 Å². The zero-order chi connectivity index (χ0) is 48.7. The van der Waals surface area contributed by atoms with Gasteiger partial charge >= 0.3 is 11.7 Å². The van der Waals surface area contributed by atoms with Crippen LogP contribution in [0.5, 0.6) is 0 Å². The summed E-state index contributed by atoms with van der Waals surface area (Å²) in [5.41, 5.74) is -13.5. The fourth-order valence-corrected chi connectivity index (χ4v) is 6.69. The molecule has 6 aromatic rings. The van der Waals surface area contributed by atoms with E-state index in [9.17, 15) is 62.3 Å². The van der Waals surface area contributed by atoms with Crippen LogP contribution in [0.25, 0.3) is 0 Å². The second kappa shape index (κ2) is 18.8. The number of aromatic nitrogens is 2. The molecule has 1 aromatic heterocycles. The van der Waals surface area contributed by atoms with Crippen LogP contribution in [0.4, 0.5) is 87.8 Å². The number of nitrogens with zero attached hydrogens (tertiary/aromatic N) is 2. The minimum absolute atomic E-state index is 0.0274. The molecule has 5 nitrogen and oxygen atoms in total. The van der Waals surface area contributed by atoms with Crippen LogP contribution in [0.1, 0.15) is 20.8 Å². The number of esters is 1. The summed E-state index contributed by atoms with van der Waals surface area (Å²) in [6, 6.07) is 8.89. The van der Waals surface area contributed by atoms with Gasteiger partial charge in [0.1, 0.15) is 64.8 Å². The molecule has 0 fully saturated rings. The van der Waals surface area contributed by atoms with Crippen molar-refractivity contribution in [2.75, 3.05) is 5.94 Å². The number of benzene rings is 5. The lowest BCUT2D eigenvalue weighted by Gasteiger charge is -2.44. The van der Waals surface area contributed by atoms with Gasteiger partial charge in [0, 0.05) is 5.56 Å². The van der Waals surface area contributed by atoms with Gasteiger partial charge in [0.15, 0.2) is 76.0 Å². The Morgan fingerprint density at radius 2 is 0.769 bits per heavy atom. The van der Waals surface area contributed by atoms with Crippen LogP contribution in [0.15, 0.2) is 48.9 Å². The van der Waals surface area contributed by atoms with Crippen molar-refractivity contribution in [3.63, 3.8) is 0 Å². The molecule has 0 aliphatic carbocycles. The highest BCUT2D eigenvalue weighted by molar-refractivity contribution is 7.80. The molecule has 0 atom stereocenters. The van der Waals surface area contributed by atoms with E-state index in [-0.39, 0.29) is 24.0 Å². The van der Waals surface area contributed by atoms with Gasteiger partial charge in [-0.05, 0) is 0 Å². The molecule has 0 N–H and O–H groups in total. The van der Waals surface area contributed by atoms with E-state index >= 15 is 35.1 Å². The first kappa shape index (κ1) is 49.4. The Hall–Kier alpha value is -6.67. The second-order valence-corrected chi connectivity index (χ2v) is 13.0. The number of carbonyl (C=O) groups excluding carboxylic acids is 2. The molecule has 65 heavy (non-hydrogen) atoms. The van der Waals surface area contributed by atoms with Gasteiger partial charge in [0.2, 0.25) is 12.3 Å². The number of carbonyl (C=O) groups is 2. The van der Waals surface area contributed by atoms with Crippen molar-refractivity contribution >= 4 is 52.4 Å². The number of thiol groups is 1. The maximum Gasteiger partial charge on any atom is 0.406 e. The molecule has 0 aliphatic rings. The zero-order valence-electron chi connectivity index (χ0n) is 30.7. The molecular weight excluding hydrogens is 955 g/mol. The Labute approximate surface area is 352 Å². The molecule has 0 radical (unpaired) electrons. The Morgan fingerprint density at radius 1 is 0.477 bits per heavy atom. The van der Waals surface area contributed by atoms with E-state index in [1.54, 1.807) is 30.5 Å². The van der Waals surface area contributed by atoms with Gasteiger partial charge in [-0.3, -0.25) is 9.78 Å². The highest BCUT2D eigenvalue weighted by Gasteiger charge is 2.52. The van der Waals surface area contributed by atoms with Crippen molar-refractivity contribution in [2.45, 2.75) is 6.54 Å². The summed E-state index contributed by atoms with van der Waals surface area (Å²) in [7, 11) is 0. The first-order valence-electron chi connectivity index (χ1n) is 16.9. The third kappa shape index (κ3) is 8.09. The third-order valence-electron chi connectivity index (χ3n) is 9.36. The molecular formula is C38H13BF20N2O3S. The minimum Gasteiger partial charge on any atom is -0.447 e. The van der Waals surface area contributed by atoms with E-state index in [2.05, 4.69) is 17.6 Å². The summed E-state index contributed by atoms with van der Waals surface area (Å²) in [5.74, 6) is -72.1. The highest BCUT2D eigenvalue weighted by Crippen LogP contribution is 2.30. The maximum absolute atomic E-state index is 15.4. The summed E-state index contributed by atoms with van der Waals surface area (Å²) in [6.07, 6.45) is -2.78. The van der Waals surface area contributed by atoms with Crippen molar-refractivity contribution in [3.8, 4) is 0 Å². The first-order valence-corrected chi connectivity index (χ1v) is 17.5. The fourth-order valence-electron chi connectivity index (χ4n) is 6.57. The number of hydrogen-bond acceptors (Lipinski definition) is 5. The number of rotatable bonds is 9. The number of ether oxygens (including phenoxy) is 1. The summed E-state index contributed by atoms with van der Waals surface area (Å²) >= 11 is 3.83. The van der Waals surface area contributed by atoms with Crippen LogP contribution in [0.3, 0.4) is 0 Å². The summed E-state index contributed by atoms with van der Waals surface area (Å²) in [6.45, 7) is 0.0452. The SMILES string of the molecule is Fc1c(F)c(F)c([B-](c2c(F)c(F)c(F)c(F)c2F)(c2c(F)c(F)c(F)c(F)c2F)c2c(F)c(F)c(F)c(F)c2F)c(F)c1F.O=C(C[n+]1ccncc1C(=O)OCS)c1ccccc1. The van der Waals surface area contributed by atoms with Gasteiger partial charge in [-0.15, -0.1) is 34.5 Å². The first-order chi connectivity index (χ1) is 30.4. The number of halogens is 20. The van der Waals surface area contributed by atoms with Gasteiger partial charge in [-0.2, -0.15) is 4.57 Å². The molecule has 0 spiro atoms. The average Bonchev–Trinajstić information content (AvgIpc) is 3.29. The van der Waals surface area contributed by atoms with Crippen molar-refractivity contribution in [1.82, 2.24) is 4.98 Å². The lowest BCUT2D eigenvalue weighted by atomic mass is 9.12. The van der Waals surface area contributed by atoms with Crippen molar-refractivity contribution in [1.29, 1.82) is 0 Å². The van der Waals surface area contributed by atoms with Crippen molar-refractivity contribution in [3.05, 3.63) is 177 Å². The van der Waals surface area contributed by atoms with Crippen molar-refractivity contribution in [2.24, 2.45) is 0 Å². The van der Waals surface area contributed by atoms with Gasteiger partial charge in [-0.1, -0.05) is 30.3 Å². The van der Waals surface area contributed by atoms with Crippen LogP contribution in [0.2, 0.25) is 0 Å². The van der Waals surface area contributed by atoms with Crippen LogP contribution in [-0.2, 0) is 11.3 Å². The predicted molar refractivity (Wildman–Crippen MR) is 184 cm³/mol. The van der Waals surface area contributed by atoms with Crippen LogP contribution < -0.4 is 26.4 Å². The van der Waals surface area contributed by atoms with Gasteiger partial charge in [0.05, 0.1) is 6.20 Å². The normalized spacial score (nSPS) is 11.4.